The lowest BCUT2D eigenvalue weighted by molar-refractivity contribution is 0.174. The highest BCUT2D eigenvalue weighted by Gasteiger charge is 2.20. The van der Waals surface area contributed by atoms with Gasteiger partial charge in [0.2, 0.25) is 6.79 Å². The first-order chi connectivity index (χ1) is 16.7. The second kappa shape index (κ2) is 8.65. The van der Waals surface area contributed by atoms with Crippen LogP contribution in [-0.2, 0) is 6.54 Å². The lowest BCUT2D eigenvalue weighted by Crippen LogP contribution is -2.12. The Morgan fingerprint density at radius 2 is 1.91 bits per heavy atom. The van der Waals surface area contributed by atoms with Gasteiger partial charge < -0.3 is 25.1 Å². The van der Waals surface area contributed by atoms with Gasteiger partial charge in [0.05, 0.1) is 11.2 Å². The maximum Gasteiger partial charge on any atom is 0.231 e. The summed E-state index contributed by atoms with van der Waals surface area (Å²) in [4.78, 5) is 18.8. The van der Waals surface area contributed by atoms with Gasteiger partial charge in [0.25, 0.3) is 0 Å². The molecule has 1 aliphatic heterocycles. The Bertz CT molecular complexity index is 1540. The molecule has 3 aromatic heterocycles. The van der Waals surface area contributed by atoms with E-state index in [1.165, 1.54) is 18.1 Å². The molecule has 1 aliphatic rings. The van der Waals surface area contributed by atoms with Crippen LogP contribution in [0.25, 0.3) is 22.1 Å². The van der Waals surface area contributed by atoms with Crippen molar-refractivity contribution in [3.05, 3.63) is 59.5 Å². The molecule has 6 rings (SSSR count). The maximum atomic E-state index is 6.11. The molecule has 34 heavy (non-hydrogen) atoms. The normalized spacial score (nSPS) is 12.5. The van der Waals surface area contributed by atoms with E-state index < -0.39 is 0 Å². The van der Waals surface area contributed by atoms with Gasteiger partial charge in [-0.25, -0.2) is 15.0 Å². The highest BCUT2D eigenvalue weighted by atomic mass is 79.9. The minimum atomic E-state index is 0.217. The second-order valence-corrected chi connectivity index (χ2v) is 9.39. The first kappa shape index (κ1) is 21.0. The lowest BCUT2D eigenvalue weighted by atomic mass is 10.2. The van der Waals surface area contributed by atoms with Gasteiger partial charge >= 0.3 is 0 Å². The van der Waals surface area contributed by atoms with Gasteiger partial charge in [0, 0.05) is 34.0 Å². The Morgan fingerprint density at radius 3 is 2.82 bits per heavy atom. The van der Waals surface area contributed by atoms with E-state index in [1.807, 2.05) is 34.9 Å². The third-order valence-electron chi connectivity index (χ3n) is 5.44. The quantitative estimate of drug-likeness (QED) is 0.319. The largest absolute Gasteiger partial charge is 0.454 e. The number of nitrogen functional groups attached to an aromatic ring is 1. The Balaban J connectivity index is 1.32. The van der Waals surface area contributed by atoms with Crippen LogP contribution in [-0.4, -0.2) is 37.8 Å². The number of ether oxygens (including phenoxy) is 2. The van der Waals surface area contributed by atoms with E-state index in [9.17, 15) is 0 Å². The minimum Gasteiger partial charge on any atom is -0.454 e. The highest BCUT2D eigenvalue weighted by Crippen LogP contribution is 2.43. The molecule has 0 saturated carbocycles. The molecule has 3 N–H and O–H groups in total. The predicted molar refractivity (Wildman–Crippen MR) is 134 cm³/mol. The molecule has 0 saturated heterocycles. The summed E-state index contributed by atoms with van der Waals surface area (Å²) in [6.07, 6.45) is 3.26. The van der Waals surface area contributed by atoms with Crippen LogP contribution in [0.3, 0.4) is 0 Å². The number of fused-ring (bicyclic) bond motifs is 3. The molecule has 0 fully saturated rings. The fraction of sp³-hybridized carbons (Fsp3) is 0.130. The third kappa shape index (κ3) is 3.76. The van der Waals surface area contributed by atoms with E-state index in [4.69, 9.17) is 20.2 Å². The van der Waals surface area contributed by atoms with Crippen molar-refractivity contribution in [2.75, 3.05) is 24.4 Å². The van der Waals surface area contributed by atoms with Gasteiger partial charge in [-0.1, -0.05) is 30.0 Å². The summed E-state index contributed by atoms with van der Waals surface area (Å²) in [5.74, 6) is 1.77. The topological polar surface area (TPSA) is 113 Å². The SMILES string of the molecule is Nc1ncnc2c1nc(Sc1cc3c(cc1Br)OCO3)n2CCNc1cccc2cccnc12. The van der Waals surface area contributed by atoms with Crippen molar-refractivity contribution >= 4 is 61.3 Å². The zero-order valence-electron chi connectivity index (χ0n) is 17.7. The van der Waals surface area contributed by atoms with Crippen molar-refractivity contribution in [1.82, 2.24) is 24.5 Å². The molecule has 0 unspecified atom stereocenters. The Labute approximate surface area is 206 Å². The fourth-order valence-corrected chi connectivity index (χ4v) is 5.35. The van der Waals surface area contributed by atoms with Crippen molar-refractivity contribution in [2.45, 2.75) is 16.6 Å². The van der Waals surface area contributed by atoms with Crippen molar-refractivity contribution in [3.8, 4) is 11.5 Å². The number of benzene rings is 2. The van der Waals surface area contributed by atoms with Crippen LogP contribution in [0.5, 0.6) is 11.5 Å². The first-order valence-electron chi connectivity index (χ1n) is 10.5. The highest BCUT2D eigenvalue weighted by molar-refractivity contribution is 9.10. The zero-order valence-corrected chi connectivity index (χ0v) is 20.1. The number of anilines is 2. The summed E-state index contributed by atoms with van der Waals surface area (Å²) >= 11 is 5.13. The minimum absolute atomic E-state index is 0.217. The molecule has 0 bridgehead atoms. The molecule has 0 atom stereocenters. The Hall–Kier alpha value is -3.57. The number of rotatable bonds is 6. The number of halogens is 1. The van der Waals surface area contributed by atoms with Crippen LogP contribution in [0.4, 0.5) is 11.5 Å². The van der Waals surface area contributed by atoms with Crippen molar-refractivity contribution < 1.29 is 9.47 Å². The van der Waals surface area contributed by atoms with E-state index in [-0.39, 0.29) is 6.79 Å². The average Bonchev–Trinajstić information content (AvgIpc) is 3.44. The Morgan fingerprint density at radius 1 is 1.06 bits per heavy atom. The van der Waals surface area contributed by atoms with Crippen molar-refractivity contribution in [1.29, 1.82) is 0 Å². The van der Waals surface area contributed by atoms with Crippen LogP contribution < -0.4 is 20.5 Å². The standard InChI is InChI=1S/C23H18BrN7O2S/c24-14-9-16-17(33-12-32-16)10-18(14)34-23-30-20-21(25)28-11-29-22(20)31(23)8-7-26-15-5-1-3-13-4-2-6-27-19(13)15/h1-6,9-11,26H,7-8,12H2,(H2,25,28,29). The second-order valence-electron chi connectivity index (χ2n) is 7.52. The van der Waals surface area contributed by atoms with Crippen molar-refractivity contribution in [3.63, 3.8) is 0 Å². The van der Waals surface area contributed by atoms with Crippen LogP contribution >= 0.6 is 27.7 Å². The smallest absolute Gasteiger partial charge is 0.231 e. The van der Waals surface area contributed by atoms with Gasteiger partial charge in [-0.2, -0.15) is 0 Å². The summed E-state index contributed by atoms with van der Waals surface area (Å²) in [5.41, 5.74) is 9.29. The van der Waals surface area contributed by atoms with Gasteiger partial charge in [-0.3, -0.25) is 4.98 Å². The third-order valence-corrected chi connectivity index (χ3v) is 7.41. The monoisotopic (exact) mass is 535 g/mol. The number of hydrogen-bond acceptors (Lipinski definition) is 9. The van der Waals surface area contributed by atoms with Gasteiger partial charge in [0.1, 0.15) is 6.33 Å². The van der Waals surface area contributed by atoms with E-state index >= 15 is 0 Å². The molecular formula is C23H18BrN7O2S. The molecular weight excluding hydrogens is 518 g/mol. The number of nitrogens with two attached hydrogens (primary N) is 1. The number of aromatic nitrogens is 5. The first-order valence-corrected chi connectivity index (χ1v) is 12.1. The average molecular weight is 536 g/mol. The number of pyridine rings is 1. The van der Waals surface area contributed by atoms with E-state index in [2.05, 4.69) is 48.3 Å². The predicted octanol–water partition coefficient (Wildman–Crippen LogP) is 4.71. The van der Waals surface area contributed by atoms with Crippen LogP contribution in [0.1, 0.15) is 0 Å². The number of para-hydroxylation sites is 1. The number of imidazole rings is 1. The fourth-order valence-electron chi connectivity index (χ4n) is 3.84. The number of nitrogens with one attached hydrogen (secondary N) is 1. The summed E-state index contributed by atoms with van der Waals surface area (Å²) < 4.78 is 13.9. The van der Waals surface area contributed by atoms with Gasteiger partial charge in [-0.05, 0) is 40.2 Å². The van der Waals surface area contributed by atoms with E-state index in [0.29, 0.717) is 41.6 Å². The summed E-state index contributed by atoms with van der Waals surface area (Å²) in [6, 6.07) is 13.9. The lowest BCUT2D eigenvalue weighted by Gasteiger charge is -2.12. The Kier molecular flexibility index (Phi) is 5.34. The van der Waals surface area contributed by atoms with Gasteiger partial charge in [-0.15, -0.1) is 0 Å². The molecule has 0 amide bonds. The maximum absolute atomic E-state index is 6.11. The van der Waals surface area contributed by atoms with E-state index in [0.717, 1.165) is 31.1 Å². The van der Waals surface area contributed by atoms with Crippen LogP contribution in [0.2, 0.25) is 0 Å². The summed E-state index contributed by atoms with van der Waals surface area (Å²) in [6.45, 7) is 1.47. The van der Waals surface area contributed by atoms with Crippen molar-refractivity contribution in [2.24, 2.45) is 0 Å². The molecule has 2 aromatic carbocycles. The molecule has 0 spiro atoms. The van der Waals surface area contributed by atoms with E-state index in [1.54, 1.807) is 6.20 Å². The summed E-state index contributed by atoms with van der Waals surface area (Å²) in [7, 11) is 0. The molecule has 170 valence electrons. The molecule has 5 aromatic rings. The van der Waals surface area contributed by atoms with Gasteiger partial charge in [0.15, 0.2) is 33.6 Å². The molecule has 11 heteroatoms. The van der Waals surface area contributed by atoms with Crippen LogP contribution in [0.15, 0.2) is 69.5 Å². The molecule has 9 nitrogen and oxygen atoms in total. The molecule has 4 heterocycles. The number of hydrogen-bond donors (Lipinski definition) is 2. The summed E-state index contributed by atoms with van der Waals surface area (Å²) in [5, 5.41) is 5.34. The number of nitrogens with zero attached hydrogens (tertiary/aromatic N) is 5. The zero-order chi connectivity index (χ0) is 23.1. The van der Waals surface area contributed by atoms with Crippen LogP contribution in [0, 0.1) is 0 Å². The molecule has 0 aliphatic carbocycles. The molecule has 0 radical (unpaired) electrons.